The summed E-state index contributed by atoms with van der Waals surface area (Å²) in [5, 5.41) is 11.1. The number of aromatic nitrogens is 5. The van der Waals surface area contributed by atoms with Crippen LogP contribution in [0, 0.1) is 5.82 Å². The molecule has 0 aliphatic carbocycles. The number of nitrogens with one attached hydrogen (secondary N) is 1. The molecule has 7 nitrogen and oxygen atoms in total. The average molecular weight is 388 g/mol. The first-order chi connectivity index (χ1) is 14.2. The second-order valence-corrected chi connectivity index (χ2v) is 6.28. The van der Waals surface area contributed by atoms with Crippen LogP contribution in [0.3, 0.4) is 0 Å². The van der Waals surface area contributed by atoms with Crippen LogP contribution in [0.1, 0.15) is 16.1 Å². The number of rotatable bonds is 6. The van der Waals surface area contributed by atoms with E-state index in [0.29, 0.717) is 24.3 Å². The van der Waals surface area contributed by atoms with E-state index < -0.39 is 0 Å². The summed E-state index contributed by atoms with van der Waals surface area (Å²) in [5.74, 6) is -0.693. The van der Waals surface area contributed by atoms with Crippen LogP contribution in [0.2, 0.25) is 0 Å². The maximum absolute atomic E-state index is 13.3. The predicted molar refractivity (Wildman–Crippen MR) is 105 cm³/mol. The lowest BCUT2D eigenvalue weighted by molar-refractivity contribution is 0.0949. The Morgan fingerprint density at radius 3 is 2.52 bits per heavy atom. The fourth-order valence-electron chi connectivity index (χ4n) is 2.92. The first-order valence-corrected chi connectivity index (χ1v) is 9.01. The van der Waals surface area contributed by atoms with Gasteiger partial charge in [0.1, 0.15) is 11.5 Å². The van der Waals surface area contributed by atoms with Crippen LogP contribution < -0.4 is 5.32 Å². The molecule has 3 heterocycles. The number of hydrogen-bond acceptors (Lipinski definition) is 5. The third-order valence-electron chi connectivity index (χ3n) is 4.33. The highest BCUT2D eigenvalue weighted by molar-refractivity contribution is 5.98. The molecule has 0 saturated heterocycles. The molecule has 0 aliphatic heterocycles. The van der Waals surface area contributed by atoms with Crippen LogP contribution in [0.5, 0.6) is 0 Å². The van der Waals surface area contributed by atoms with Crippen LogP contribution >= 0.6 is 0 Å². The molecule has 144 valence electrons. The van der Waals surface area contributed by atoms with Gasteiger partial charge in [-0.05, 0) is 54.4 Å². The van der Waals surface area contributed by atoms with Crippen molar-refractivity contribution in [1.82, 2.24) is 30.3 Å². The first-order valence-electron chi connectivity index (χ1n) is 9.01. The van der Waals surface area contributed by atoms with Crippen molar-refractivity contribution in [2.45, 2.75) is 6.42 Å². The van der Waals surface area contributed by atoms with Crippen molar-refractivity contribution in [2.75, 3.05) is 6.54 Å². The number of amides is 1. The highest BCUT2D eigenvalue weighted by Crippen LogP contribution is 2.25. The van der Waals surface area contributed by atoms with E-state index in [1.807, 2.05) is 12.1 Å². The number of carbonyl (C=O) groups is 1. The third-order valence-corrected chi connectivity index (χ3v) is 4.33. The molecule has 3 aromatic heterocycles. The Kier molecular flexibility index (Phi) is 5.33. The van der Waals surface area contributed by atoms with Crippen LogP contribution in [0.25, 0.3) is 16.9 Å². The van der Waals surface area contributed by atoms with Crippen LogP contribution in [0.4, 0.5) is 4.39 Å². The molecule has 0 bridgehead atoms. The minimum absolute atomic E-state index is 0.187. The Morgan fingerprint density at radius 1 is 1.00 bits per heavy atom. The zero-order valence-corrected chi connectivity index (χ0v) is 15.4. The normalized spacial score (nSPS) is 10.7. The van der Waals surface area contributed by atoms with E-state index in [4.69, 9.17) is 0 Å². The summed E-state index contributed by atoms with van der Waals surface area (Å²) in [6, 6.07) is 13.2. The number of halogens is 1. The lowest BCUT2D eigenvalue weighted by Gasteiger charge is -2.09. The van der Waals surface area contributed by atoms with Crippen LogP contribution in [-0.4, -0.2) is 37.4 Å². The van der Waals surface area contributed by atoms with Gasteiger partial charge in [-0.2, -0.15) is 0 Å². The Morgan fingerprint density at radius 2 is 1.79 bits per heavy atom. The minimum Gasteiger partial charge on any atom is -0.350 e. The summed E-state index contributed by atoms with van der Waals surface area (Å²) < 4.78 is 14.8. The Balaban J connectivity index is 1.62. The molecule has 1 aromatic carbocycles. The lowest BCUT2D eigenvalue weighted by atomic mass is 10.1. The number of pyridine rings is 2. The third kappa shape index (κ3) is 4.16. The fraction of sp³-hybridized carbons (Fsp3) is 0.0952. The standard InChI is InChI=1S/C21H17FN6O/c22-17-3-5-18(6-4-17)28-20(16-8-11-23-12-9-16)19(26-27-28)21(29)25-13-7-15-2-1-10-24-14-15/h1-6,8-12,14H,7,13H2,(H,25,29). The van der Waals surface area contributed by atoms with E-state index in [9.17, 15) is 9.18 Å². The quantitative estimate of drug-likeness (QED) is 0.549. The van der Waals surface area contributed by atoms with Gasteiger partial charge in [0.2, 0.25) is 0 Å². The molecule has 1 N–H and O–H groups in total. The number of carbonyl (C=O) groups excluding carboxylic acids is 1. The lowest BCUT2D eigenvalue weighted by Crippen LogP contribution is -2.26. The maximum Gasteiger partial charge on any atom is 0.274 e. The van der Waals surface area contributed by atoms with Crippen molar-refractivity contribution < 1.29 is 9.18 Å². The molecule has 0 saturated carbocycles. The molecular weight excluding hydrogens is 371 g/mol. The molecule has 8 heteroatoms. The summed E-state index contributed by atoms with van der Waals surface area (Å²) in [7, 11) is 0. The van der Waals surface area contributed by atoms with E-state index in [1.54, 1.807) is 49.1 Å². The zero-order valence-electron chi connectivity index (χ0n) is 15.4. The van der Waals surface area contributed by atoms with Crippen molar-refractivity contribution in [3.63, 3.8) is 0 Å². The van der Waals surface area contributed by atoms with Gasteiger partial charge in [-0.3, -0.25) is 14.8 Å². The number of benzene rings is 1. The molecule has 0 spiro atoms. The van der Waals surface area contributed by atoms with Crippen molar-refractivity contribution >= 4 is 5.91 Å². The molecule has 4 rings (SSSR count). The first kappa shape index (κ1) is 18.4. The molecule has 0 atom stereocenters. The van der Waals surface area contributed by atoms with E-state index in [0.717, 1.165) is 11.1 Å². The van der Waals surface area contributed by atoms with E-state index in [1.165, 1.54) is 16.8 Å². The van der Waals surface area contributed by atoms with Crippen molar-refractivity contribution in [3.8, 4) is 16.9 Å². The number of nitrogens with zero attached hydrogens (tertiary/aromatic N) is 5. The van der Waals surface area contributed by atoms with Gasteiger partial charge in [-0.25, -0.2) is 9.07 Å². The molecule has 0 aliphatic rings. The molecule has 29 heavy (non-hydrogen) atoms. The summed E-state index contributed by atoms with van der Waals surface area (Å²) in [6.07, 6.45) is 7.37. The van der Waals surface area contributed by atoms with Crippen molar-refractivity contribution in [1.29, 1.82) is 0 Å². The van der Waals surface area contributed by atoms with Gasteiger partial charge in [-0.15, -0.1) is 5.10 Å². The van der Waals surface area contributed by atoms with E-state index in [-0.39, 0.29) is 17.4 Å². The average Bonchev–Trinajstić information content (AvgIpc) is 3.21. The van der Waals surface area contributed by atoms with Gasteiger partial charge in [0.05, 0.1) is 5.69 Å². The SMILES string of the molecule is O=C(NCCc1cccnc1)c1nnn(-c2ccc(F)cc2)c1-c1ccncc1. The maximum atomic E-state index is 13.3. The Bertz CT molecular complexity index is 1100. The summed E-state index contributed by atoms with van der Waals surface area (Å²) >= 11 is 0. The van der Waals surface area contributed by atoms with Crippen molar-refractivity contribution in [3.05, 3.63) is 90.4 Å². The molecule has 0 fully saturated rings. The van der Waals surface area contributed by atoms with Gasteiger partial charge in [0, 0.05) is 36.9 Å². The fourth-order valence-corrected chi connectivity index (χ4v) is 2.92. The highest BCUT2D eigenvalue weighted by Gasteiger charge is 2.22. The monoisotopic (exact) mass is 388 g/mol. The molecule has 0 radical (unpaired) electrons. The summed E-state index contributed by atoms with van der Waals surface area (Å²) in [4.78, 5) is 20.9. The minimum atomic E-state index is -0.354. The summed E-state index contributed by atoms with van der Waals surface area (Å²) in [5.41, 5.74) is 3.05. The van der Waals surface area contributed by atoms with Gasteiger partial charge >= 0.3 is 0 Å². The topological polar surface area (TPSA) is 85.6 Å². The van der Waals surface area contributed by atoms with Gasteiger partial charge in [0.15, 0.2) is 5.69 Å². The Labute approximate surface area is 166 Å². The number of hydrogen-bond donors (Lipinski definition) is 1. The molecule has 1 amide bonds. The van der Waals surface area contributed by atoms with Crippen LogP contribution in [0.15, 0.2) is 73.3 Å². The van der Waals surface area contributed by atoms with Gasteiger partial charge in [0.25, 0.3) is 5.91 Å². The molecule has 0 unspecified atom stereocenters. The zero-order chi connectivity index (χ0) is 20.1. The molecule has 4 aromatic rings. The highest BCUT2D eigenvalue weighted by atomic mass is 19.1. The van der Waals surface area contributed by atoms with Gasteiger partial charge < -0.3 is 5.32 Å². The summed E-state index contributed by atoms with van der Waals surface area (Å²) in [6.45, 7) is 0.434. The second-order valence-electron chi connectivity index (χ2n) is 6.28. The van der Waals surface area contributed by atoms with Crippen molar-refractivity contribution in [2.24, 2.45) is 0 Å². The predicted octanol–water partition coefficient (Wildman–Crippen LogP) is 2.84. The van der Waals surface area contributed by atoms with E-state index >= 15 is 0 Å². The second kappa shape index (κ2) is 8.39. The smallest absolute Gasteiger partial charge is 0.274 e. The Hall–Kier alpha value is -3.94. The molecular formula is C21H17FN6O. The van der Waals surface area contributed by atoms with E-state index in [2.05, 4.69) is 25.6 Å². The largest absolute Gasteiger partial charge is 0.350 e. The van der Waals surface area contributed by atoms with Crippen LogP contribution in [-0.2, 0) is 6.42 Å². The van der Waals surface area contributed by atoms with Gasteiger partial charge in [-0.1, -0.05) is 11.3 Å².